The van der Waals surface area contributed by atoms with Crippen molar-refractivity contribution in [1.82, 2.24) is 4.57 Å². The number of nitrogens with zero attached hydrogens (tertiary/aromatic N) is 3. The molecule has 0 aliphatic heterocycles. The lowest BCUT2D eigenvalue weighted by molar-refractivity contribution is -0.119. The number of ether oxygens (including phenoxy) is 1. The van der Waals surface area contributed by atoms with Gasteiger partial charge in [-0.2, -0.15) is 5.26 Å². The van der Waals surface area contributed by atoms with Crippen molar-refractivity contribution in [2.45, 2.75) is 45.6 Å². The van der Waals surface area contributed by atoms with E-state index < -0.39 is 18.5 Å². The first-order valence-electron chi connectivity index (χ1n) is 12.3. The van der Waals surface area contributed by atoms with E-state index in [1.807, 2.05) is 36.6 Å². The maximum Gasteiger partial charge on any atom is 0.339 e. The predicted octanol–water partition coefficient (Wildman–Crippen LogP) is 5.16. The lowest BCUT2D eigenvalue weighted by atomic mass is 10.1. The molecule has 190 valence electrons. The fraction of sp³-hybridized carbons (Fsp3) is 0.310. The van der Waals surface area contributed by atoms with Crippen LogP contribution in [-0.2, 0) is 9.53 Å². The van der Waals surface area contributed by atoms with Crippen LogP contribution in [0.4, 0.5) is 11.5 Å². The second kappa shape index (κ2) is 11.1. The fourth-order valence-electron chi connectivity index (χ4n) is 4.88. The summed E-state index contributed by atoms with van der Waals surface area (Å²) in [5, 5.41) is 12.5. The zero-order chi connectivity index (χ0) is 26.5. The number of hydrogen-bond acceptors (Lipinski definition) is 5. The quantitative estimate of drug-likeness (QED) is 0.453. The van der Waals surface area contributed by atoms with E-state index >= 15 is 0 Å². The number of carbonyl (C=O) groups is 3. The number of carbonyl (C=O) groups excluding carboxylic acids is 3. The van der Waals surface area contributed by atoms with Gasteiger partial charge in [0.25, 0.3) is 11.8 Å². The number of benzene rings is 2. The van der Waals surface area contributed by atoms with Crippen molar-refractivity contribution in [3.63, 3.8) is 0 Å². The summed E-state index contributed by atoms with van der Waals surface area (Å²) in [4.78, 5) is 40.3. The highest BCUT2D eigenvalue weighted by Gasteiger charge is 2.27. The first-order valence-corrected chi connectivity index (χ1v) is 12.3. The van der Waals surface area contributed by atoms with Gasteiger partial charge in [-0.05, 0) is 56.5 Å². The molecule has 0 unspecified atom stereocenters. The molecule has 1 aromatic heterocycles. The van der Waals surface area contributed by atoms with E-state index in [0.29, 0.717) is 17.1 Å². The Morgan fingerprint density at radius 2 is 1.65 bits per heavy atom. The van der Waals surface area contributed by atoms with Crippen LogP contribution in [0.2, 0.25) is 0 Å². The molecule has 8 heteroatoms. The Bertz CT molecular complexity index is 1360. The number of para-hydroxylation sites is 1. The van der Waals surface area contributed by atoms with Gasteiger partial charge in [-0.15, -0.1) is 0 Å². The van der Waals surface area contributed by atoms with Crippen molar-refractivity contribution < 1.29 is 19.1 Å². The highest BCUT2D eigenvalue weighted by molar-refractivity contribution is 6.12. The lowest BCUT2D eigenvalue weighted by Gasteiger charge is -2.19. The first-order chi connectivity index (χ1) is 17.8. The summed E-state index contributed by atoms with van der Waals surface area (Å²) < 4.78 is 7.34. The van der Waals surface area contributed by atoms with E-state index in [9.17, 15) is 19.6 Å². The van der Waals surface area contributed by atoms with E-state index in [0.717, 1.165) is 36.9 Å². The molecule has 0 spiro atoms. The van der Waals surface area contributed by atoms with Crippen LogP contribution in [0.1, 0.15) is 69.3 Å². The van der Waals surface area contributed by atoms with Gasteiger partial charge in [-0.25, -0.2) is 4.79 Å². The van der Waals surface area contributed by atoms with E-state index in [4.69, 9.17) is 4.74 Å². The van der Waals surface area contributed by atoms with Gasteiger partial charge in [0.15, 0.2) is 6.61 Å². The summed E-state index contributed by atoms with van der Waals surface area (Å²) in [5.74, 6) is -1.25. The van der Waals surface area contributed by atoms with Crippen LogP contribution in [0.15, 0.2) is 54.6 Å². The summed E-state index contributed by atoms with van der Waals surface area (Å²) >= 11 is 0. The number of hydrogen-bond donors (Lipinski definition) is 1. The van der Waals surface area contributed by atoms with E-state index in [2.05, 4.69) is 11.4 Å². The summed E-state index contributed by atoms with van der Waals surface area (Å²) in [5.41, 5.74) is 3.12. The molecule has 2 amide bonds. The van der Waals surface area contributed by atoms with Crippen molar-refractivity contribution >= 4 is 29.3 Å². The van der Waals surface area contributed by atoms with Crippen molar-refractivity contribution in [3.05, 3.63) is 82.5 Å². The molecule has 1 N–H and O–H groups in total. The average Bonchev–Trinajstić information content (AvgIpc) is 3.53. The summed E-state index contributed by atoms with van der Waals surface area (Å²) in [6.45, 7) is 3.27. The molecule has 1 saturated carbocycles. The third-order valence-corrected chi connectivity index (χ3v) is 6.98. The van der Waals surface area contributed by atoms with Crippen LogP contribution in [0.5, 0.6) is 0 Å². The first kappa shape index (κ1) is 25.7. The van der Waals surface area contributed by atoms with Crippen LogP contribution in [0, 0.1) is 25.2 Å². The monoisotopic (exact) mass is 498 g/mol. The number of nitriles is 1. The van der Waals surface area contributed by atoms with E-state index in [-0.39, 0.29) is 23.1 Å². The molecule has 37 heavy (non-hydrogen) atoms. The molecule has 0 bridgehead atoms. The Hall–Kier alpha value is -4.38. The second-order valence-electron chi connectivity index (χ2n) is 9.22. The smallest absolute Gasteiger partial charge is 0.339 e. The SMILES string of the molecule is Cc1c(C#N)c(NC(=O)COC(=O)c2ccccc2C(=O)N(C)c2ccccc2)n(C2CCCC2)c1C. The van der Waals surface area contributed by atoms with Gasteiger partial charge in [-0.3, -0.25) is 9.59 Å². The predicted molar refractivity (Wildman–Crippen MR) is 141 cm³/mol. The highest BCUT2D eigenvalue weighted by atomic mass is 16.5. The molecule has 0 atom stereocenters. The number of amides is 2. The van der Waals surface area contributed by atoms with Crippen molar-refractivity contribution in [1.29, 1.82) is 5.26 Å². The molecule has 2 aromatic carbocycles. The molecular formula is C29H30N4O4. The largest absolute Gasteiger partial charge is 0.452 e. The molecule has 1 fully saturated rings. The van der Waals surface area contributed by atoms with Gasteiger partial charge >= 0.3 is 5.97 Å². The van der Waals surface area contributed by atoms with Gasteiger partial charge in [0.05, 0.1) is 16.7 Å². The average molecular weight is 499 g/mol. The third-order valence-electron chi connectivity index (χ3n) is 6.98. The van der Waals surface area contributed by atoms with Crippen LogP contribution in [-0.4, -0.2) is 36.0 Å². The molecule has 0 radical (unpaired) electrons. The van der Waals surface area contributed by atoms with E-state index in [1.54, 1.807) is 37.4 Å². The van der Waals surface area contributed by atoms with Crippen LogP contribution >= 0.6 is 0 Å². The number of anilines is 2. The van der Waals surface area contributed by atoms with Crippen LogP contribution < -0.4 is 10.2 Å². The molecule has 1 aliphatic rings. The molecule has 4 rings (SSSR count). The standard InChI is InChI=1S/C29H30N4O4/c1-19-20(2)33(22-13-7-8-14-22)27(25(19)17-30)31-26(34)18-37-29(36)24-16-10-9-15-23(24)28(35)32(3)21-11-5-4-6-12-21/h4-6,9-12,15-16,22H,7-8,13-14,18H2,1-3H3,(H,31,34). The van der Waals surface area contributed by atoms with Gasteiger partial charge in [-0.1, -0.05) is 43.2 Å². The molecule has 1 aliphatic carbocycles. The maximum atomic E-state index is 13.1. The lowest BCUT2D eigenvalue weighted by Crippen LogP contribution is -2.29. The Balaban J connectivity index is 1.48. The highest BCUT2D eigenvalue weighted by Crippen LogP contribution is 2.37. The molecule has 3 aromatic rings. The molecule has 1 heterocycles. The Kier molecular flexibility index (Phi) is 7.73. The third kappa shape index (κ3) is 5.26. The molecule has 0 saturated heterocycles. The zero-order valence-corrected chi connectivity index (χ0v) is 21.3. The fourth-order valence-corrected chi connectivity index (χ4v) is 4.88. The van der Waals surface area contributed by atoms with Gasteiger partial charge in [0.1, 0.15) is 11.9 Å². The number of nitrogens with one attached hydrogen (secondary N) is 1. The molecular weight excluding hydrogens is 468 g/mol. The summed E-state index contributed by atoms with van der Waals surface area (Å²) in [6.07, 6.45) is 4.18. The number of aromatic nitrogens is 1. The Morgan fingerprint density at radius 3 is 2.30 bits per heavy atom. The van der Waals surface area contributed by atoms with Gasteiger partial charge in [0.2, 0.25) is 0 Å². The number of esters is 1. The van der Waals surface area contributed by atoms with Gasteiger partial charge < -0.3 is 19.5 Å². The minimum atomic E-state index is -0.778. The maximum absolute atomic E-state index is 13.1. The second-order valence-corrected chi connectivity index (χ2v) is 9.22. The Morgan fingerprint density at radius 1 is 1.03 bits per heavy atom. The normalized spacial score (nSPS) is 13.1. The number of rotatable bonds is 7. The zero-order valence-electron chi connectivity index (χ0n) is 21.3. The minimum absolute atomic E-state index is 0.0711. The van der Waals surface area contributed by atoms with Crippen LogP contribution in [0.25, 0.3) is 0 Å². The van der Waals surface area contributed by atoms with Crippen molar-refractivity contribution in [3.8, 4) is 6.07 Å². The van der Waals surface area contributed by atoms with Gasteiger partial charge in [0, 0.05) is 24.5 Å². The van der Waals surface area contributed by atoms with Crippen molar-refractivity contribution in [2.24, 2.45) is 0 Å². The van der Waals surface area contributed by atoms with Crippen LogP contribution in [0.3, 0.4) is 0 Å². The van der Waals surface area contributed by atoms with E-state index in [1.165, 1.54) is 11.0 Å². The summed E-state index contributed by atoms with van der Waals surface area (Å²) in [6, 6.07) is 17.9. The topological polar surface area (TPSA) is 104 Å². The minimum Gasteiger partial charge on any atom is -0.452 e. The van der Waals surface area contributed by atoms with Crippen molar-refractivity contribution in [2.75, 3.05) is 23.9 Å². The Labute approximate surface area is 216 Å². The summed E-state index contributed by atoms with van der Waals surface area (Å²) in [7, 11) is 1.63. The molecule has 8 nitrogen and oxygen atoms in total.